The zero-order chi connectivity index (χ0) is 14.4. The van der Waals surface area contributed by atoms with Crippen LogP contribution < -0.4 is 9.47 Å². The smallest absolute Gasteiger partial charge is 0.162 e. The second kappa shape index (κ2) is 6.93. The zero-order valence-corrected chi connectivity index (χ0v) is 11.4. The van der Waals surface area contributed by atoms with E-state index in [9.17, 15) is 0 Å². The van der Waals surface area contributed by atoms with Crippen molar-refractivity contribution in [3.8, 4) is 11.5 Å². The summed E-state index contributed by atoms with van der Waals surface area (Å²) in [6.07, 6.45) is 0. The fourth-order valence-electron chi connectivity index (χ4n) is 1.83. The van der Waals surface area contributed by atoms with Gasteiger partial charge in [-0.3, -0.25) is 0 Å². The van der Waals surface area contributed by atoms with Crippen LogP contribution in [0.15, 0.2) is 42.5 Å². The molecule has 4 nitrogen and oxygen atoms in total. The molecule has 0 amide bonds. The lowest BCUT2D eigenvalue weighted by atomic mass is 10.1. The predicted octanol–water partition coefficient (Wildman–Crippen LogP) is 2.26. The standard InChI is InChI=1S/C16H18O4/c1-19-15-7-6-14(10-18)8-16(15)20-11-13-4-2-12(9-17)3-5-13/h2-8,17-18H,9-11H2,1H3. The van der Waals surface area contributed by atoms with Crippen molar-refractivity contribution in [3.05, 3.63) is 59.2 Å². The Balaban J connectivity index is 2.08. The zero-order valence-electron chi connectivity index (χ0n) is 11.4. The highest BCUT2D eigenvalue weighted by molar-refractivity contribution is 5.43. The van der Waals surface area contributed by atoms with Gasteiger partial charge in [-0.05, 0) is 28.8 Å². The average Bonchev–Trinajstić information content (AvgIpc) is 2.53. The third-order valence-electron chi connectivity index (χ3n) is 3.01. The van der Waals surface area contributed by atoms with Crippen LogP contribution in [0.4, 0.5) is 0 Å². The molecule has 2 rings (SSSR count). The second-order valence-corrected chi connectivity index (χ2v) is 4.41. The number of hydrogen-bond acceptors (Lipinski definition) is 4. The van der Waals surface area contributed by atoms with Gasteiger partial charge in [-0.25, -0.2) is 0 Å². The van der Waals surface area contributed by atoms with E-state index in [0.29, 0.717) is 18.1 Å². The summed E-state index contributed by atoms with van der Waals surface area (Å²) < 4.78 is 11.0. The van der Waals surface area contributed by atoms with Crippen LogP contribution in [0.1, 0.15) is 16.7 Å². The minimum absolute atomic E-state index is 0.0352. The summed E-state index contributed by atoms with van der Waals surface area (Å²) >= 11 is 0. The molecule has 0 unspecified atom stereocenters. The minimum Gasteiger partial charge on any atom is -0.493 e. The van der Waals surface area contributed by atoms with Crippen molar-refractivity contribution in [2.24, 2.45) is 0 Å². The van der Waals surface area contributed by atoms with Crippen molar-refractivity contribution in [1.29, 1.82) is 0 Å². The van der Waals surface area contributed by atoms with Gasteiger partial charge in [-0.2, -0.15) is 0 Å². The third kappa shape index (κ3) is 3.50. The third-order valence-corrected chi connectivity index (χ3v) is 3.01. The van der Waals surface area contributed by atoms with Gasteiger partial charge < -0.3 is 19.7 Å². The second-order valence-electron chi connectivity index (χ2n) is 4.41. The minimum atomic E-state index is -0.0362. The van der Waals surface area contributed by atoms with E-state index in [4.69, 9.17) is 19.7 Å². The summed E-state index contributed by atoms with van der Waals surface area (Å²) in [6, 6.07) is 12.9. The fraction of sp³-hybridized carbons (Fsp3) is 0.250. The molecule has 0 aromatic heterocycles. The maximum atomic E-state index is 9.15. The molecule has 20 heavy (non-hydrogen) atoms. The fourth-order valence-corrected chi connectivity index (χ4v) is 1.83. The molecule has 0 aliphatic heterocycles. The van der Waals surface area contributed by atoms with Crippen molar-refractivity contribution in [2.45, 2.75) is 19.8 Å². The number of benzene rings is 2. The van der Waals surface area contributed by atoms with E-state index < -0.39 is 0 Å². The molecule has 2 aromatic rings. The van der Waals surface area contributed by atoms with Crippen LogP contribution in [0.25, 0.3) is 0 Å². The Labute approximate surface area is 118 Å². The van der Waals surface area contributed by atoms with Crippen molar-refractivity contribution in [3.63, 3.8) is 0 Å². The molecule has 4 heteroatoms. The topological polar surface area (TPSA) is 58.9 Å². The highest BCUT2D eigenvalue weighted by Crippen LogP contribution is 2.28. The molecule has 0 aliphatic carbocycles. The average molecular weight is 274 g/mol. The number of ether oxygens (including phenoxy) is 2. The molecule has 0 saturated heterocycles. The largest absolute Gasteiger partial charge is 0.493 e. The van der Waals surface area contributed by atoms with E-state index in [1.54, 1.807) is 25.3 Å². The van der Waals surface area contributed by atoms with Gasteiger partial charge in [0, 0.05) is 0 Å². The highest BCUT2D eigenvalue weighted by atomic mass is 16.5. The molecule has 0 bridgehead atoms. The first-order valence-electron chi connectivity index (χ1n) is 6.36. The first-order valence-corrected chi connectivity index (χ1v) is 6.36. The van der Waals surface area contributed by atoms with E-state index in [-0.39, 0.29) is 13.2 Å². The van der Waals surface area contributed by atoms with Crippen LogP contribution in [0.3, 0.4) is 0 Å². The maximum absolute atomic E-state index is 9.15. The van der Waals surface area contributed by atoms with Crippen molar-refractivity contribution in [1.82, 2.24) is 0 Å². The summed E-state index contributed by atoms with van der Waals surface area (Å²) in [7, 11) is 1.58. The Kier molecular flexibility index (Phi) is 4.98. The van der Waals surface area contributed by atoms with Crippen LogP contribution in [0.5, 0.6) is 11.5 Å². The first kappa shape index (κ1) is 14.4. The highest BCUT2D eigenvalue weighted by Gasteiger charge is 2.06. The molecule has 106 valence electrons. The summed E-state index contributed by atoms with van der Waals surface area (Å²) in [5.41, 5.74) is 2.64. The quantitative estimate of drug-likeness (QED) is 0.848. The summed E-state index contributed by atoms with van der Waals surface area (Å²) in [5.74, 6) is 1.24. The molecule has 0 atom stereocenters. The molecule has 0 aliphatic rings. The lowest BCUT2D eigenvalue weighted by Crippen LogP contribution is -1.99. The SMILES string of the molecule is COc1ccc(CO)cc1OCc1ccc(CO)cc1. The van der Waals surface area contributed by atoms with Crippen LogP contribution in [0, 0.1) is 0 Å². The van der Waals surface area contributed by atoms with Gasteiger partial charge in [0.15, 0.2) is 11.5 Å². The number of methoxy groups -OCH3 is 1. The summed E-state index contributed by atoms with van der Waals surface area (Å²) in [4.78, 5) is 0. The van der Waals surface area contributed by atoms with E-state index in [1.165, 1.54) is 0 Å². The Bertz CT molecular complexity index is 549. The van der Waals surface area contributed by atoms with E-state index in [1.807, 2.05) is 24.3 Å². The molecule has 2 aromatic carbocycles. The number of rotatable bonds is 6. The van der Waals surface area contributed by atoms with Crippen LogP contribution in [0.2, 0.25) is 0 Å². The maximum Gasteiger partial charge on any atom is 0.162 e. The monoisotopic (exact) mass is 274 g/mol. The Morgan fingerprint density at radius 1 is 0.800 bits per heavy atom. The Morgan fingerprint density at radius 2 is 1.40 bits per heavy atom. The number of aliphatic hydroxyl groups excluding tert-OH is 2. The molecule has 0 radical (unpaired) electrons. The molecule has 0 heterocycles. The summed E-state index contributed by atoms with van der Waals surface area (Å²) in [6.45, 7) is 0.399. The number of hydrogen-bond donors (Lipinski definition) is 2. The van der Waals surface area contributed by atoms with Crippen molar-refractivity contribution >= 4 is 0 Å². The van der Waals surface area contributed by atoms with Gasteiger partial charge in [-0.15, -0.1) is 0 Å². The molecule has 0 spiro atoms. The molecule has 0 saturated carbocycles. The van der Waals surface area contributed by atoms with E-state index >= 15 is 0 Å². The van der Waals surface area contributed by atoms with Crippen molar-refractivity contribution in [2.75, 3.05) is 7.11 Å². The molecule has 0 fully saturated rings. The molecular weight excluding hydrogens is 256 g/mol. The Morgan fingerprint density at radius 3 is 2.00 bits per heavy atom. The van der Waals surface area contributed by atoms with Crippen LogP contribution >= 0.6 is 0 Å². The number of aliphatic hydroxyl groups is 2. The van der Waals surface area contributed by atoms with Crippen LogP contribution in [-0.4, -0.2) is 17.3 Å². The molecule has 2 N–H and O–H groups in total. The van der Waals surface area contributed by atoms with E-state index in [2.05, 4.69) is 0 Å². The lowest BCUT2D eigenvalue weighted by molar-refractivity contribution is 0.271. The van der Waals surface area contributed by atoms with Crippen molar-refractivity contribution < 1.29 is 19.7 Å². The van der Waals surface area contributed by atoms with Gasteiger partial charge in [0.1, 0.15) is 6.61 Å². The van der Waals surface area contributed by atoms with Gasteiger partial charge in [-0.1, -0.05) is 30.3 Å². The van der Waals surface area contributed by atoms with Gasteiger partial charge in [0.05, 0.1) is 20.3 Å². The summed E-state index contributed by atoms with van der Waals surface area (Å²) in [5, 5.41) is 18.1. The van der Waals surface area contributed by atoms with E-state index in [0.717, 1.165) is 16.7 Å². The van der Waals surface area contributed by atoms with Gasteiger partial charge in [0.25, 0.3) is 0 Å². The first-order chi connectivity index (χ1) is 9.76. The predicted molar refractivity (Wildman–Crippen MR) is 75.6 cm³/mol. The lowest BCUT2D eigenvalue weighted by Gasteiger charge is -2.12. The van der Waals surface area contributed by atoms with Crippen LogP contribution in [-0.2, 0) is 19.8 Å². The Hall–Kier alpha value is -2.04. The normalized spacial score (nSPS) is 10.3. The van der Waals surface area contributed by atoms with Gasteiger partial charge in [0.2, 0.25) is 0 Å². The van der Waals surface area contributed by atoms with Gasteiger partial charge >= 0.3 is 0 Å². The molecular formula is C16H18O4.